The number of para-hydroxylation sites is 1. The molecule has 1 heterocycles. The van der Waals surface area contributed by atoms with Gasteiger partial charge in [0.05, 0.1) is 12.1 Å². The maximum atomic E-state index is 13.5. The number of hydrogen-bond acceptors (Lipinski definition) is 4. The lowest BCUT2D eigenvalue weighted by Crippen LogP contribution is -2.55. The van der Waals surface area contributed by atoms with Crippen LogP contribution in [-0.4, -0.2) is 41.5 Å². The van der Waals surface area contributed by atoms with Gasteiger partial charge >= 0.3 is 6.09 Å². The molecule has 4 N–H and O–H groups in total. The van der Waals surface area contributed by atoms with Gasteiger partial charge in [0.15, 0.2) is 0 Å². The molecule has 4 saturated carbocycles. The number of aliphatic hydroxyl groups is 1. The Hall–Kier alpha value is -2.83. The van der Waals surface area contributed by atoms with Gasteiger partial charge in [0, 0.05) is 35.2 Å². The largest absolute Gasteiger partial charge is 0.446 e. The predicted octanol–water partition coefficient (Wildman–Crippen LogP) is 5.13. The molecule has 7 rings (SSSR count). The second-order valence-electron chi connectivity index (χ2n) is 12.0. The normalized spacial score (nSPS) is 28.6. The van der Waals surface area contributed by atoms with Crippen LogP contribution in [0.5, 0.6) is 0 Å². The highest BCUT2D eigenvalue weighted by Gasteiger charge is 2.50. The first kappa shape index (κ1) is 24.5. The molecule has 1 aromatic heterocycles. The molecule has 2 aromatic carbocycles. The van der Waals surface area contributed by atoms with Crippen molar-refractivity contribution in [2.75, 3.05) is 13.2 Å². The molecule has 6 heteroatoms. The van der Waals surface area contributed by atoms with Crippen LogP contribution in [0.4, 0.5) is 4.79 Å². The lowest BCUT2D eigenvalue weighted by atomic mass is 9.55. The van der Waals surface area contributed by atoms with E-state index in [-0.39, 0.29) is 24.8 Å². The van der Waals surface area contributed by atoms with Crippen LogP contribution in [0, 0.1) is 23.7 Å². The monoisotopic (exact) mass is 501 g/mol. The molecule has 37 heavy (non-hydrogen) atoms. The van der Waals surface area contributed by atoms with Crippen molar-refractivity contribution >= 4 is 17.0 Å². The van der Waals surface area contributed by atoms with Crippen molar-refractivity contribution < 1.29 is 14.6 Å². The summed E-state index contributed by atoms with van der Waals surface area (Å²) in [5.74, 6) is 2.71. The molecule has 6 nitrogen and oxygen atoms in total. The van der Waals surface area contributed by atoms with E-state index in [0.29, 0.717) is 24.8 Å². The molecule has 4 aliphatic carbocycles. The van der Waals surface area contributed by atoms with Crippen LogP contribution < -0.4 is 10.6 Å². The third-order valence-electron chi connectivity index (χ3n) is 9.23. The van der Waals surface area contributed by atoms with Gasteiger partial charge in [-0.1, -0.05) is 48.5 Å². The third kappa shape index (κ3) is 5.01. The Morgan fingerprint density at radius 1 is 1.03 bits per heavy atom. The Kier molecular flexibility index (Phi) is 6.72. The molecule has 1 amide bonds. The number of aromatic amines is 1. The number of amides is 1. The highest BCUT2D eigenvalue weighted by Crippen LogP contribution is 2.54. The van der Waals surface area contributed by atoms with Crippen molar-refractivity contribution in [1.82, 2.24) is 15.6 Å². The van der Waals surface area contributed by atoms with Gasteiger partial charge in [-0.05, 0) is 80.8 Å². The number of H-pyrrole nitrogens is 1. The fraction of sp³-hybridized carbons (Fsp3) is 0.516. The van der Waals surface area contributed by atoms with Gasteiger partial charge in [-0.3, -0.25) is 0 Å². The highest BCUT2D eigenvalue weighted by molar-refractivity contribution is 5.85. The topological polar surface area (TPSA) is 86.4 Å². The lowest BCUT2D eigenvalue weighted by molar-refractivity contribution is -0.0972. The minimum absolute atomic E-state index is 0.0110. The number of aliphatic hydroxyl groups excluding tert-OH is 1. The van der Waals surface area contributed by atoms with E-state index in [9.17, 15) is 9.90 Å². The SMILES string of the molecule is CC(CNC(CO)Cc1ccccc1)(NC(=O)OC1C2CC3CC(C2)CC1C3)c1c[nH]c2ccccc12. The Balaban J connectivity index is 1.20. The Bertz CT molecular complexity index is 1200. The van der Waals surface area contributed by atoms with Crippen LogP contribution in [-0.2, 0) is 16.7 Å². The number of alkyl carbamates (subject to hydrolysis) is 1. The van der Waals surface area contributed by atoms with E-state index in [4.69, 9.17) is 4.74 Å². The standard InChI is InChI=1S/C31H39N3O3/c1-31(27-17-32-28-10-6-5-9-26(27)28,19-33-25(18-35)16-20-7-3-2-4-8-20)34-30(36)37-29-23-12-21-11-22(14-23)15-24(29)13-21/h2-10,17,21-25,29,32-33,35H,11-16,18-19H2,1H3,(H,34,36). The number of aromatic nitrogens is 1. The second-order valence-corrected chi connectivity index (χ2v) is 12.0. The number of carbonyl (C=O) groups is 1. The fourth-order valence-corrected chi connectivity index (χ4v) is 7.63. The molecule has 2 atom stereocenters. The first-order valence-electron chi connectivity index (χ1n) is 13.9. The average Bonchev–Trinajstić information content (AvgIpc) is 3.34. The summed E-state index contributed by atoms with van der Waals surface area (Å²) >= 11 is 0. The van der Waals surface area contributed by atoms with E-state index in [2.05, 4.69) is 33.8 Å². The smallest absolute Gasteiger partial charge is 0.408 e. The van der Waals surface area contributed by atoms with Crippen LogP contribution in [0.25, 0.3) is 10.9 Å². The van der Waals surface area contributed by atoms with Crippen molar-refractivity contribution in [3.05, 3.63) is 71.9 Å². The van der Waals surface area contributed by atoms with Crippen LogP contribution in [0.2, 0.25) is 0 Å². The summed E-state index contributed by atoms with van der Waals surface area (Å²) in [6, 6.07) is 18.2. The molecule has 4 aliphatic rings. The molecular formula is C31H39N3O3. The Morgan fingerprint density at radius 3 is 2.41 bits per heavy atom. The number of benzene rings is 2. The average molecular weight is 502 g/mol. The summed E-state index contributed by atoms with van der Waals surface area (Å²) in [6.07, 6.45) is 8.62. The molecule has 0 radical (unpaired) electrons. The van der Waals surface area contributed by atoms with E-state index < -0.39 is 5.54 Å². The van der Waals surface area contributed by atoms with Crippen LogP contribution in [0.15, 0.2) is 60.8 Å². The molecule has 196 valence electrons. The second kappa shape index (κ2) is 10.1. The van der Waals surface area contributed by atoms with Gasteiger partial charge in [-0.2, -0.15) is 0 Å². The zero-order valence-electron chi connectivity index (χ0n) is 21.7. The van der Waals surface area contributed by atoms with Gasteiger partial charge in [0.1, 0.15) is 6.10 Å². The third-order valence-corrected chi connectivity index (χ3v) is 9.23. The molecule has 3 aromatic rings. The van der Waals surface area contributed by atoms with Crippen molar-refractivity contribution in [2.24, 2.45) is 23.7 Å². The number of nitrogens with one attached hydrogen (secondary N) is 3. The van der Waals surface area contributed by atoms with E-state index in [1.165, 1.54) is 32.1 Å². The van der Waals surface area contributed by atoms with Crippen LogP contribution in [0.3, 0.4) is 0 Å². The number of fused-ring (bicyclic) bond motifs is 1. The molecule has 0 saturated heterocycles. The van der Waals surface area contributed by atoms with Gasteiger partial charge < -0.3 is 25.5 Å². The van der Waals surface area contributed by atoms with Crippen molar-refractivity contribution in [3.63, 3.8) is 0 Å². The van der Waals surface area contributed by atoms with Crippen molar-refractivity contribution in [3.8, 4) is 0 Å². The van der Waals surface area contributed by atoms with E-state index in [0.717, 1.165) is 33.9 Å². The van der Waals surface area contributed by atoms with Crippen LogP contribution >= 0.6 is 0 Å². The molecule has 0 spiro atoms. The number of hydrogen-bond donors (Lipinski definition) is 4. The van der Waals surface area contributed by atoms with E-state index >= 15 is 0 Å². The van der Waals surface area contributed by atoms with Gasteiger partial charge in [0.25, 0.3) is 0 Å². The summed E-state index contributed by atoms with van der Waals surface area (Å²) in [5, 5.41) is 18.0. The van der Waals surface area contributed by atoms with Gasteiger partial charge in [-0.25, -0.2) is 4.79 Å². The zero-order chi connectivity index (χ0) is 25.4. The Morgan fingerprint density at radius 2 is 1.70 bits per heavy atom. The molecule has 4 fully saturated rings. The molecule has 2 unspecified atom stereocenters. The van der Waals surface area contributed by atoms with Crippen molar-refractivity contribution in [2.45, 2.75) is 63.1 Å². The molecule has 0 aliphatic heterocycles. The zero-order valence-corrected chi connectivity index (χ0v) is 21.7. The minimum Gasteiger partial charge on any atom is -0.446 e. The maximum absolute atomic E-state index is 13.5. The predicted molar refractivity (Wildman–Crippen MR) is 145 cm³/mol. The number of carbonyl (C=O) groups excluding carboxylic acids is 1. The first-order chi connectivity index (χ1) is 18.0. The van der Waals surface area contributed by atoms with E-state index in [1.807, 2.05) is 49.5 Å². The summed E-state index contributed by atoms with van der Waals surface area (Å²) in [7, 11) is 0. The number of ether oxygens (including phenoxy) is 1. The summed E-state index contributed by atoms with van der Waals surface area (Å²) < 4.78 is 6.22. The first-order valence-corrected chi connectivity index (χ1v) is 13.9. The summed E-state index contributed by atoms with van der Waals surface area (Å²) in [6.45, 7) is 2.52. The van der Waals surface area contributed by atoms with Crippen LogP contribution in [0.1, 0.15) is 50.2 Å². The lowest BCUT2D eigenvalue weighted by Gasteiger charge is -2.53. The highest BCUT2D eigenvalue weighted by atomic mass is 16.6. The van der Waals surface area contributed by atoms with Crippen molar-refractivity contribution in [1.29, 1.82) is 0 Å². The summed E-state index contributed by atoms with van der Waals surface area (Å²) in [5.41, 5.74) is 2.47. The van der Waals surface area contributed by atoms with E-state index in [1.54, 1.807) is 0 Å². The molecular weight excluding hydrogens is 462 g/mol. The summed E-state index contributed by atoms with van der Waals surface area (Å²) in [4.78, 5) is 16.8. The van der Waals surface area contributed by atoms with Gasteiger partial charge in [-0.15, -0.1) is 0 Å². The number of rotatable bonds is 9. The Labute approximate surface area is 219 Å². The minimum atomic E-state index is -0.729. The fourth-order valence-electron chi connectivity index (χ4n) is 7.63. The van der Waals surface area contributed by atoms with Gasteiger partial charge in [0.2, 0.25) is 0 Å². The molecule has 4 bridgehead atoms. The quantitative estimate of drug-likeness (QED) is 0.328. The maximum Gasteiger partial charge on any atom is 0.408 e.